The molecule has 1 unspecified atom stereocenters. The number of aryl methyl sites for hydroxylation is 1. The summed E-state index contributed by atoms with van der Waals surface area (Å²) in [5.74, 6) is 0.348. The molecule has 0 heterocycles. The first-order valence-electron chi connectivity index (χ1n) is 5.59. The summed E-state index contributed by atoms with van der Waals surface area (Å²) in [4.78, 5) is 0. The van der Waals surface area contributed by atoms with Gasteiger partial charge in [-0.3, -0.25) is 0 Å². The molecule has 0 aromatic heterocycles. The van der Waals surface area contributed by atoms with Crippen LogP contribution < -0.4 is 5.73 Å². The molecule has 0 saturated carbocycles. The van der Waals surface area contributed by atoms with Crippen LogP contribution in [0.15, 0.2) is 48.5 Å². The highest BCUT2D eigenvalue weighted by molar-refractivity contribution is 5.52. The second-order valence-electron chi connectivity index (χ2n) is 4.26. The van der Waals surface area contributed by atoms with Gasteiger partial charge in [-0.15, -0.1) is 0 Å². The van der Waals surface area contributed by atoms with Crippen LogP contribution in [0.2, 0.25) is 0 Å². The molecule has 2 rings (SSSR count). The van der Waals surface area contributed by atoms with Crippen LogP contribution in [-0.4, -0.2) is 0 Å². The van der Waals surface area contributed by atoms with Crippen molar-refractivity contribution in [3.8, 4) is 0 Å². The van der Waals surface area contributed by atoms with Gasteiger partial charge in [0.05, 0.1) is 0 Å². The minimum Gasteiger partial charge on any atom is -0.398 e. The Kier molecular flexibility index (Phi) is 2.95. The lowest BCUT2D eigenvalue weighted by molar-refractivity contribution is 0.923. The van der Waals surface area contributed by atoms with Crippen LogP contribution in [0.25, 0.3) is 0 Å². The maximum atomic E-state index is 6.03. The summed E-state index contributed by atoms with van der Waals surface area (Å²) in [7, 11) is 0. The predicted molar refractivity (Wildman–Crippen MR) is 69.6 cm³/mol. The summed E-state index contributed by atoms with van der Waals surface area (Å²) in [6.45, 7) is 4.29. The van der Waals surface area contributed by atoms with Gasteiger partial charge < -0.3 is 5.73 Å². The first-order valence-corrected chi connectivity index (χ1v) is 5.59. The Morgan fingerprint density at radius 2 is 1.69 bits per heavy atom. The first kappa shape index (κ1) is 10.7. The predicted octanol–water partition coefficient (Wildman–Crippen LogP) is 3.73. The Bertz CT molecular complexity index is 474. The zero-order chi connectivity index (χ0) is 11.5. The molecule has 0 fully saturated rings. The Morgan fingerprint density at radius 1 is 1.00 bits per heavy atom. The van der Waals surface area contributed by atoms with Gasteiger partial charge >= 0.3 is 0 Å². The zero-order valence-corrected chi connectivity index (χ0v) is 9.77. The van der Waals surface area contributed by atoms with Crippen molar-refractivity contribution in [1.29, 1.82) is 0 Å². The van der Waals surface area contributed by atoms with E-state index in [1.165, 1.54) is 16.7 Å². The molecule has 2 N–H and O–H groups in total. The Morgan fingerprint density at radius 3 is 2.38 bits per heavy atom. The molecule has 0 aliphatic heterocycles. The summed E-state index contributed by atoms with van der Waals surface area (Å²) in [6.07, 6.45) is 0. The van der Waals surface area contributed by atoms with E-state index in [0.717, 1.165) is 5.69 Å². The van der Waals surface area contributed by atoms with Gasteiger partial charge in [-0.05, 0) is 24.1 Å². The van der Waals surface area contributed by atoms with Crippen LogP contribution in [0.5, 0.6) is 0 Å². The maximum Gasteiger partial charge on any atom is 0.0352 e. The Balaban J connectivity index is 2.41. The van der Waals surface area contributed by atoms with E-state index in [2.05, 4.69) is 50.2 Å². The van der Waals surface area contributed by atoms with Gasteiger partial charge in [0.15, 0.2) is 0 Å². The molecular formula is C15H17N. The number of hydrogen-bond donors (Lipinski definition) is 1. The van der Waals surface area contributed by atoms with Crippen LogP contribution in [0.4, 0.5) is 5.69 Å². The normalized spacial score (nSPS) is 12.4. The second-order valence-corrected chi connectivity index (χ2v) is 4.26. The van der Waals surface area contributed by atoms with Crippen molar-refractivity contribution in [2.75, 3.05) is 5.73 Å². The fourth-order valence-electron chi connectivity index (χ4n) is 1.99. The number of nitrogen functional groups attached to an aromatic ring is 1. The molecule has 16 heavy (non-hydrogen) atoms. The molecule has 1 nitrogen and oxygen atoms in total. The fourth-order valence-corrected chi connectivity index (χ4v) is 1.99. The van der Waals surface area contributed by atoms with E-state index in [1.54, 1.807) is 0 Å². The molecule has 0 aliphatic carbocycles. The van der Waals surface area contributed by atoms with Gasteiger partial charge in [0.2, 0.25) is 0 Å². The largest absolute Gasteiger partial charge is 0.398 e. The molecule has 0 bridgehead atoms. The van der Waals surface area contributed by atoms with Crippen LogP contribution in [0, 0.1) is 6.92 Å². The summed E-state index contributed by atoms with van der Waals surface area (Å²) in [5, 5.41) is 0. The number of benzene rings is 2. The monoisotopic (exact) mass is 211 g/mol. The van der Waals surface area contributed by atoms with Crippen molar-refractivity contribution < 1.29 is 0 Å². The van der Waals surface area contributed by atoms with Gasteiger partial charge in [0.1, 0.15) is 0 Å². The van der Waals surface area contributed by atoms with E-state index in [-0.39, 0.29) is 0 Å². The highest BCUT2D eigenvalue weighted by Crippen LogP contribution is 2.28. The summed E-state index contributed by atoms with van der Waals surface area (Å²) < 4.78 is 0. The van der Waals surface area contributed by atoms with E-state index in [1.807, 2.05) is 12.1 Å². The molecular weight excluding hydrogens is 194 g/mol. The Labute approximate surface area is 96.9 Å². The van der Waals surface area contributed by atoms with Crippen molar-refractivity contribution in [2.45, 2.75) is 19.8 Å². The van der Waals surface area contributed by atoms with Crippen LogP contribution in [-0.2, 0) is 0 Å². The average molecular weight is 211 g/mol. The quantitative estimate of drug-likeness (QED) is 0.752. The number of hydrogen-bond acceptors (Lipinski definition) is 1. The highest BCUT2D eigenvalue weighted by Gasteiger charge is 2.10. The summed E-state index contributed by atoms with van der Waals surface area (Å²) in [6, 6.07) is 16.7. The smallest absolute Gasteiger partial charge is 0.0352 e. The lowest BCUT2D eigenvalue weighted by Crippen LogP contribution is -2.01. The van der Waals surface area contributed by atoms with Crippen molar-refractivity contribution in [1.82, 2.24) is 0 Å². The standard InChI is InChI=1S/C15H17N/c1-11-8-9-15(16)14(10-11)12(2)13-6-4-3-5-7-13/h3-10,12H,16H2,1-2H3. The molecule has 1 atom stereocenters. The van der Waals surface area contributed by atoms with Crippen LogP contribution in [0.1, 0.15) is 29.5 Å². The lowest BCUT2D eigenvalue weighted by Gasteiger charge is -2.15. The van der Waals surface area contributed by atoms with Crippen molar-refractivity contribution in [2.24, 2.45) is 0 Å². The van der Waals surface area contributed by atoms with E-state index >= 15 is 0 Å². The molecule has 82 valence electrons. The molecule has 2 aromatic carbocycles. The molecule has 2 aromatic rings. The molecule has 0 radical (unpaired) electrons. The van der Waals surface area contributed by atoms with Crippen LogP contribution >= 0.6 is 0 Å². The van der Waals surface area contributed by atoms with E-state index < -0.39 is 0 Å². The van der Waals surface area contributed by atoms with Gasteiger partial charge in [0, 0.05) is 11.6 Å². The number of anilines is 1. The van der Waals surface area contributed by atoms with E-state index in [0.29, 0.717) is 5.92 Å². The van der Waals surface area contributed by atoms with Crippen molar-refractivity contribution >= 4 is 5.69 Å². The molecule has 0 spiro atoms. The first-order chi connectivity index (χ1) is 7.68. The van der Waals surface area contributed by atoms with Crippen molar-refractivity contribution in [3.05, 3.63) is 65.2 Å². The lowest BCUT2D eigenvalue weighted by atomic mass is 9.91. The third kappa shape index (κ3) is 2.08. The number of rotatable bonds is 2. The summed E-state index contributed by atoms with van der Waals surface area (Å²) >= 11 is 0. The third-order valence-electron chi connectivity index (χ3n) is 3.01. The van der Waals surface area contributed by atoms with Gasteiger partial charge in [-0.25, -0.2) is 0 Å². The minimum absolute atomic E-state index is 0.348. The SMILES string of the molecule is Cc1ccc(N)c(C(C)c2ccccc2)c1. The van der Waals surface area contributed by atoms with E-state index in [4.69, 9.17) is 5.73 Å². The van der Waals surface area contributed by atoms with Crippen molar-refractivity contribution in [3.63, 3.8) is 0 Å². The van der Waals surface area contributed by atoms with E-state index in [9.17, 15) is 0 Å². The zero-order valence-electron chi connectivity index (χ0n) is 9.77. The summed E-state index contributed by atoms with van der Waals surface area (Å²) in [5.41, 5.74) is 10.7. The second kappa shape index (κ2) is 4.40. The minimum atomic E-state index is 0.348. The van der Waals surface area contributed by atoms with Gasteiger partial charge in [0.25, 0.3) is 0 Å². The third-order valence-corrected chi connectivity index (χ3v) is 3.01. The molecule has 0 aliphatic rings. The highest BCUT2D eigenvalue weighted by atomic mass is 14.6. The molecule has 0 saturated heterocycles. The Hall–Kier alpha value is -1.76. The van der Waals surface area contributed by atoms with Crippen LogP contribution in [0.3, 0.4) is 0 Å². The molecule has 1 heteroatoms. The van der Waals surface area contributed by atoms with Gasteiger partial charge in [-0.1, -0.05) is 55.0 Å². The fraction of sp³-hybridized carbons (Fsp3) is 0.200. The average Bonchev–Trinajstić information content (AvgIpc) is 2.32. The number of nitrogens with two attached hydrogens (primary N) is 1. The maximum absolute atomic E-state index is 6.03. The van der Waals surface area contributed by atoms with Gasteiger partial charge in [-0.2, -0.15) is 0 Å². The topological polar surface area (TPSA) is 26.0 Å². The molecule has 0 amide bonds.